The maximum atomic E-state index is 13.7. The molecular weight excluding hydrogens is 586 g/mol. The standard InChI is InChI=1S/C33H34F2N4O6/c1-19(37-32(42)33(2,34)35)30(29-18-43-27-11-3-4-12-28(27)45-29)44-23-13-14-25-21(16-23)17-36-39(25)22-8-5-7-20(15-22)31(41)38-24-9-6-10-26(24)40/h3-5,7-8,11-17,19,24,26,29-30,40H,6,9-10,18H2,1-2H3,(H,37,42)(H,38,41)/t19-,24+,26-,29?,30+/m0/s1. The number of carbonyl (C=O) groups is 2. The highest BCUT2D eigenvalue weighted by molar-refractivity contribution is 5.95. The smallest absolute Gasteiger partial charge is 0.321 e. The van der Waals surface area contributed by atoms with E-state index >= 15 is 0 Å². The summed E-state index contributed by atoms with van der Waals surface area (Å²) in [6.07, 6.45) is 1.78. The van der Waals surface area contributed by atoms with Gasteiger partial charge in [0.05, 0.1) is 35.6 Å². The lowest BCUT2D eigenvalue weighted by Gasteiger charge is -2.35. The number of alkyl halides is 2. The van der Waals surface area contributed by atoms with Crippen LogP contribution in [0.5, 0.6) is 17.2 Å². The van der Waals surface area contributed by atoms with Gasteiger partial charge in [-0.3, -0.25) is 9.59 Å². The maximum absolute atomic E-state index is 13.7. The Bertz CT molecular complexity index is 1710. The highest BCUT2D eigenvalue weighted by Gasteiger charge is 2.39. The van der Waals surface area contributed by atoms with Crippen LogP contribution in [0.3, 0.4) is 0 Å². The van der Waals surface area contributed by atoms with E-state index in [0.717, 1.165) is 23.7 Å². The number of hydrogen-bond acceptors (Lipinski definition) is 7. The van der Waals surface area contributed by atoms with Crippen molar-refractivity contribution >= 4 is 22.7 Å². The van der Waals surface area contributed by atoms with Crippen LogP contribution < -0.4 is 24.8 Å². The lowest BCUT2D eigenvalue weighted by Crippen LogP contribution is -2.56. The summed E-state index contributed by atoms with van der Waals surface area (Å²) in [7, 11) is 0. The van der Waals surface area contributed by atoms with Crippen LogP contribution in [0, 0.1) is 0 Å². The van der Waals surface area contributed by atoms with Crippen molar-refractivity contribution < 1.29 is 37.7 Å². The van der Waals surface area contributed by atoms with Crippen molar-refractivity contribution in [3.63, 3.8) is 0 Å². The Kier molecular flexibility index (Phi) is 8.32. The van der Waals surface area contributed by atoms with Crippen molar-refractivity contribution in [1.29, 1.82) is 0 Å². The molecule has 3 N–H and O–H groups in total. The molecule has 1 aromatic heterocycles. The highest BCUT2D eigenvalue weighted by atomic mass is 19.3. The summed E-state index contributed by atoms with van der Waals surface area (Å²) in [5, 5.41) is 20.6. The van der Waals surface area contributed by atoms with Gasteiger partial charge in [-0.2, -0.15) is 13.9 Å². The normalized spacial score (nSPS) is 20.8. The maximum Gasteiger partial charge on any atom is 0.321 e. The number of nitrogens with zero attached hydrogens (tertiary/aromatic N) is 2. The molecule has 45 heavy (non-hydrogen) atoms. The molecule has 1 unspecified atom stereocenters. The summed E-state index contributed by atoms with van der Waals surface area (Å²) in [6.45, 7) is 2.19. The van der Waals surface area contributed by atoms with Crippen LogP contribution in [0.1, 0.15) is 43.5 Å². The number of hydrogen-bond donors (Lipinski definition) is 3. The van der Waals surface area contributed by atoms with Crippen LogP contribution in [0.2, 0.25) is 0 Å². The van der Waals surface area contributed by atoms with E-state index in [-0.39, 0.29) is 18.6 Å². The molecule has 12 heteroatoms. The van der Waals surface area contributed by atoms with Gasteiger partial charge in [0.1, 0.15) is 12.4 Å². The van der Waals surface area contributed by atoms with Gasteiger partial charge in [0, 0.05) is 17.9 Å². The number of benzene rings is 3. The number of ether oxygens (including phenoxy) is 3. The van der Waals surface area contributed by atoms with Crippen LogP contribution in [0.4, 0.5) is 8.78 Å². The van der Waals surface area contributed by atoms with Crippen LogP contribution in [0.15, 0.2) is 72.9 Å². The molecular formula is C33H34F2N4O6. The number of aromatic nitrogens is 2. The average molecular weight is 621 g/mol. The fourth-order valence-corrected chi connectivity index (χ4v) is 5.70. The first-order valence-corrected chi connectivity index (χ1v) is 14.9. The zero-order valence-corrected chi connectivity index (χ0v) is 24.8. The molecule has 1 aliphatic heterocycles. The molecule has 5 atom stereocenters. The van der Waals surface area contributed by atoms with E-state index in [9.17, 15) is 23.5 Å². The van der Waals surface area contributed by atoms with E-state index in [1.807, 2.05) is 12.1 Å². The largest absolute Gasteiger partial charge is 0.486 e. The number of aliphatic hydroxyl groups excluding tert-OH is 1. The van der Waals surface area contributed by atoms with Crippen molar-refractivity contribution in [2.75, 3.05) is 6.61 Å². The number of rotatable bonds is 9. The average Bonchev–Trinajstić information content (AvgIpc) is 3.64. The Hall–Kier alpha value is -4.71. The van der Waals surface area contributed by atoms with Crippen LogP contribution in [-0.2, 0) is 4.79 Å². The zero-order chi connectivity index (χ0) is 31.7. The van der Waals surface area contributed by atoms with Gasteiger partial charge in [0.15, 0.2) is 23.7 Å². The van der Waals surface area contributed by atoms with E-state index in [2.05, 4.69) is 15.7 Å². The van der Waals surface area contributed by atoms with Gasteiger partial charge in [-0.05, 0) is 74.7 Å². The fourth-order valence-electron chi connectivity index (χ4n) is 5.70. The van der Waals surface area contributed by atoms with Gasteiger partial charge in [-0.15, -0.1) is 0 Å². The first-order valence-electron chi connectivity index (χ1n) is 14.9. The molecule has 6 rings (SSSR count). The van der Waals surface area contributed by atoms with E-state index < -0.39 is 36.2 Å². The molecule has 1 fully saturated rings. The summed E-state index contributed by atoms with van der Waals surface area (Å²) in [5.41, 5.74) is 1.85. The van der Waals surface area contributed by atoms with Crippen molar-refractivity contribution in [1.82, 2.24) is 20.4 Å². The third-order valence-corrected chi connectivity index (χ3v) is 8.11. The Balaban J connectivity index is 1.23. The SMILES string of the molecule is C[C@H](NC(=O)C(C)(F)F)[C@@H](Oc1ccc2c(cnn2-c2cccc(C(=O)N[C@@H]3CCC[C@@H]3O)c2)c1)C1COc2ccccc2O1. The predicted molar refractivity (Wildman–Crippen MR) is 161 cm³/mol. The Morgan fingerprint density at radius 2 is 1.89 bits per heavy atom. The van der Waals surface area contributed by atoms with Gasteiger partial charge in [-0.1, -0.05) is 18.2 Å². The summed E-state index contributed by atoms with van der Waals surface area (Å²) in [4.78, 5) is 25.1. The molecule has 2 aliphatic rings. The molecule has 4 aromatic rings. The molecule has 10 nitrogen and oxygen atoms in total. The lowest BCUT2D eigenvalue weighted by molar-refractivity contribution is -0.145. The molecule has 2 heterocycles. The number of halogens is 2. The van der Waals surface area contributed by atoms with Gasteiger partial charge in [0.25, 0.3) is 11.8 Å². The number of fused-ring (bicyclic) bond motifs is 2. The van der Waals surface area contributed by atoms with Crippen molar-refractivity contribution in [2.45, 2.75) is 69.4 Å². The summed E-state index contributed by atoms with van der Waals surface area (Å²) < 4.78 is 47.5. The Labute approximate surface area is 258 Å². The second-order valence-corrected chi connectivity index (χ2v) is 11.6. The number of amides is 2. The molecule has 2 amide bonds. The van der Waals surface area contributed by atoms with Crippen molar-refractivity contribution in [3.8, 4) is 22.9 Å². The van der Waals surface area contributed by atoms with Crippen molar-refractivity contribution in [2.24, 2.45) is 0 Å². The van der Waals surface area contributed by atoms with Crippen LogP contribution >= 0.6 is 0 Å². The molecule has 236 valence electrons. The molecule has 0 spiro atoms. The minimum absolute atomic E-state index is 0.0776. The number of para-hydroxylation sites is 2. The first-order chi connectivity index (χ1) is 21.6. The number of aliphatic hydroxyl groups is 1. The highest BCUT2D eigenvalue weighted by Crippen LogP contribution is 2.33. The van der Waals surface area contributed by atoms with Crippen molar-refractivity contribution in [3.05, 3.63) is 78.5 Å². The zero-order valence-electron chi connectivity index (χ0n) is 24.8. The monoisotopic (exact) mass is 620 g/mol. The summed E-state index contributed by atoms with van der Waals surface area (Å²) in [5.74, 6) is -3.82. The van der Waals surface area contributed by atoms with Gasteiger partial charge in [0.2, 0.25) is 0 Å². The second kappa shape index (κ2) is 12.4. The molecule has 0 radical (unpaired) electrons. The van der Waals surface area contributed by atoms with Gasteiger partial charge in [-0.25, -0.2) is 4.68 Å². The topological polar surface area (TPSA) is 124 Å². The summed E-state index contributed by atoms with van der Waals surface area (Å²) >= 11 is 0. The Morgan fingerprint density at radius 1 is 1.09 bits per heavy atom. The lowest BCUT2D eigenvalue weighted by atomic mass is 10.1. The Morgan fingerprint density at radius 3 is 2.64 bits per heavy atom. The third kappa shape index (κ3) is 6.56. The molecule has 3 aromatic carbocycles. The quantitative estimate of drug-likeness (QED) is 0.253. The van der Waals surface area contributed by atoms with Crippen LogP contribution in [-0.4, -0.2) is 69.6 Å². The van der Waals surface area contributed by atoms with Crippen LogP contribution in [0.25, 0.3) is 16.6 Å². The molecule has 0 bridgehead atoms. The van der Waals surface area contributed by atoms with E-state index in [1.165, 1.54) is 0 Å². The van der Waals surface area contributed by atoms with E-state index in [4.69, 9.17) is 14.2 Å². The number of nitrogens with one attached hydrogen (secondary N) is 2. The van der Waals surface area contributed by atoms with Gasteiger partial charge >= 0.3 is 5.92 Å². The summed E-state index contributed by atoms with van der Waals surface area (Å²) in [6, 6.07) is 18.3. The molecule has 0 saturated heterocycles. The number of carbonyl (C=O) groups excluding carboxylic acids is 2. The molecule has 1 aliphatic carbocycles. The minimum Gasteiger partial charge on any atom is -0.486 e. The predicted octanol–water partition coefficient (Wildman–Crippen LogP) is 4.42. The van der Waals surface area contributed by atoms with Gasteiger partial charge < -0.3 is 30.0 Å². The third-order valence-electron chi connectivity index (χ3n) is 8.11. The molecule has 1 saturated carbocycles. The second-order valence-electron chi connectivity index (χ2n) is 11.6. The fraction of sp³-hybridized carbons (Fsp3) is 0.364. The first kappa shape index (κ1) is 30.3. The van der Waals surface area contributed by atoms with E-state index in [0.29, 0.717) is 41.8 Å². The van der Waals surface area contributed by atoms with E-state index in [1.54, 1.807) is 72.4 Å². The minimum atomic E-state index is -3.57.